The van der Waals surface area contributed by atoms with Crippen LogP contribution in [0.15, 0.2) is 46.8 Å². The van der Waals surface area contributed by atoms with Gasteiger partial charge in [-0.2, -0.15) is 4.99 Å². The zero-order valence-electron chi connectivity index (χ0n) is 14.0. The van der Waals surface area contributed by atoms with Crippen molar-refractivity contribution >= 4 is 56.5 Å². The van der Waals surface area contributed by atoms with Crippen molar-refractivity contribution in [1.29, 1.82) is 0 Å². The highest BCUT2D eigenvalue weighted by atomic mass is 32.1. The molecule has 0 saturated heterocycles. The van der Waals surface area contributed by atoms with E-state index in [-0.39, 0.29) is 17.0 Å². The number of thiophene rings is 1. The first-order chi connectivity index (χ1) is 13.0. The minimum Gasteiger partial charge on any atom is -0.468 e. The van der Waals surface area contributed by atoms with E-state index in [2.05, 4.69) is 9.73 Å². The van der Waals surface area contributed by atoms with E-state index in [1.807, 2.05) is 17.5 Å². The number of fused-ring (bicyclic) bond motifs is 1. The molecule has 3 rings (SSSR count). The van der Waals surface area contributed by atoms with Crippen molar-refractivity contribution in [2.75, 3.05) is 7.11 Å². The fourth-order valence-corrected chi connectivity index (χ4v) is 3.91. The number of rotatable bonds is 5. The molecule has 2 aromatic heterocycles. The summed E-state index contributed by atoms with van der Waals surface area (Å²) in [6.07, 6.45) is 2.99. The number of benzene rings is 1. The number of non-ortho nitro benzene ring substituents is 1. The molecule has 0 spiro atoms. The summed E-state index contributed by atoms with van der Waals surface area (Å²) in [5.74, 6) is -1.05. The van der Waals surface area contributed by atoms with Crippen LogP contribution in [0, 0.1) is 10.1 Å². The molecule has 3 aromatic rings. The lowest BCUT2D eigenvalue weighted by Gasteiger charge is -2.03. The maximum absolute atomic E-state index is 12.2. The summed E-state index contributed by atoms with van der Waals surface area (Å²) in [4.78, 5) is 39.7. The SMILES string of the molecule is COC(=O)Cn1c(=NC(=O)/C=C/c2cccs2)sc2ccc([N+](=O)[O-])cc21. The standard InChI is InChI=1S/C17H13N3O5S2/c1-25-16(22)10-19-13-9-11(20(23)24)4-6-14(13)27-17(19)18-15(21)7-5-12-3-2-8-26-12/h2-9H,10H2,1H3/b7-5+,18-17?. The molecule has 8 nitrogen and oxygen atoms in total. The van der Waals surface area contributed by atoms with Gasteiger partial charge in [-0.05, 0) is 23.6 Å². The Morgan fingerprint density at radius 1 is 1.37 bits per heavy atom. The Balaban J connectivity index is 2.07. The van der Waals surface area contributed by atoms with E-state index < -0.39 is 16.8 Å². The van der Waals surface area contributed by atoms with Gasteiger partial charge in [-0.15, -0.1) is 11.3 Å². The minimum absolute atomic E-state index is 0.116. The number of methoxy groups -OCH3 is 1. The van der Waals surface area contributed by atoms with Crippen LogP contribution in [-0.4, -0.2) is 28.5 Å². The van der Waals surface area contributed by atoms with Gasteiger partial charge >= 0.3 is 5.97 Å². The molecule has 0 unspecified atom stereocenters. The van der Waals surface area contributed by atoms with E-state index in [4.69, 9.17) is 0 Å². The van der Waals surface area contributed by atoms with Gasteiger partial charge in [-0.3, -0.25) is 19.7 Å². The van der Waals surface area contributed by atoms with Gasteiger partial charge in [0.05, 0.1) is 22.2 Å². The second-order valence-electron chi connectivity index (χ2n) is 5.25. The van der Waals surface area contributed by atoms with Crippen molar-refractivity contribution in [3.63, 3.8) is 0 Å². The van der Waals surface area contributed by atoms with Crippen LogP contribution in [-0.2, 0) is 20.9 Å². The highest BCUT2D eigenvalue weighted by Crippen LogP contribution is 2.23. The molecule has 138 valence electrons. The number of ether oxygens (including phenoxy) is 1. The fraction of sp³-hybridized carbons (Fsp3) is 0.118. The summed E-state index contributed by atoms with van der Waals surface area (Å²) < 4.78 is 6.78. The van der Waals surface area contributed by atoms with Crippen molar-refractivity contribution in [3.05, 3.63) is 61.6 Å². The summed E-state index contributed by atoms with van der Waals surface area (Å²) in [5.41, 5.74) is 0.322. The summed E-state index contributed by atoms with van der Waals surface area (Å²) in [6.45, 7) is -0.210. The van der Waals surface area contributed by atoms with E-state index in [1.54, 1.807) is 12.1 Å². The predicted octanol–water partition coefficient (Wildman–Crippen LogP) is 2.99. The molecular formula is C17H13N3O5S2. The molecule has 1 amide bonds. The number of amides is 1. The number of aromatic nitrogens is 1. The Morgan fingerprint density at radius 2 is 2.19 bits per heavy atom. The van der Waals surface area contributed by atoms with E-state index in [0.29, 0.717) is 10.2 Å². The van der Waals surface area contributed by atoms with E-state index >= 15 is 0 Å². The molecule has 10 heteroatoms. The number of nitro groups is 1. The van der Waals surface area contributed by atoms with Gasteiger partial charge in [0, 0.05) is 23.1 Å². The van der Waals surface area contributed by atoms with Crippen LogP contribution in [0.5, 0.6) is 0 Å². The van der Waals surface area contributed by atoms with Gasteiger partial charge in [0.15, 0.2) is 4.80 Å². The molecule has 0 bridgehead atoms. The number of esters is 1. The monoisotopic (exact) mass is 403 g/mol. The van der Waals surface area contributed by atoms with E-state index in [9.17, 15) is 19.7 Å². The zero-order chi connectivity index (χ0) is 19.4. The molecule has 0 fully saturated rings. The lowest BCUT2D eigenvalue weighted by atomic mass is 10.3. The quantitative estimate of drug-likeness (QED) is 0.282. The summed E-state index contributed by atoms with van der Waals surface area (Å²) in [7, 11) is 1.24. The van der Waals surface area contributed by atoms with E-state index in [1.165, 1.54) is 41.2 Å². The second-order valence-corrected chi connectivity index (χ2v) is 7.24. The highest BCUT2D eigenvalue weighted by Gasteiger charge is 2.15. The third-order valence-corrected chi connectivity index (χ3v) is 5.43. The molecular weight excluding hydrogens is 390 g/mol. The first-order valence-electron chi connectivity index (χ1n) is 7.63. The van der Waals surface area contributed by atoms with Crippen LogP contribution in [0.4, 0.5) is 5.69 Å². The molecule has 2 heterocycles. The number of nitro benzene ring substituents is 1. The van der Waals surface area contributed by atoms with Crippen LogP contribution >= 0.6 is 22.7 Å². The molecule has 0 aliphatic carbocycles. The van der Waals surface area contributed by atoms with Crippen LogP contribution < -0.4 is 4.80 Å². The Kier molecular flexibility index (Phi) is 5.57. The number of nitrogens with zero attached hydrogens (tertiary/aromatic N) is 3. The third kappa shape index (κ3) is 4.36. The maximum atomic E-state index is 12.2. The van der Waals surface area contributed by atoms with Gasteiger partial charge in [0.25, 0.3) is 11.6 Å². The highest BCUT2D eigenvalue weighted by molar-refractivity contribution is 7.16. The molecule has 0 aliphatic heterocycles. The van der Waals surface area contributed by atoms with E-state index in [0.717, 1.165) is 16.2 Å². The average molecular weight is 403 g/mol. The molecule has 0 saturated carbocycles. The Hall–Kier alpha value is -3.11. The fourth-order valence-electron chi connectivity index (χ4n) is 2.27. The van der Waals surface area contributed by atoms with Gasteiger partial charge in [0.2, 0.25) is 0 Å². The molecule has 27 heavy (non-hydrogen) atoms. The Morgan fingerprint density at radius 3 is 2.85 bits per heavy atom. The zero-order valence-corrected chi connectivity index (χ0v) is 15.7. The Labute approximate surface area is 160 Å². The van der Waals surface area contributed by atoms with Crippen LogP contribution in [0.25, 0.3) is 16.3 Å². The van der Waals surface area contributed by atoms with Gasteiger partial charge in [0.1, 0.15) is 6.54 Å². The van der Waals surface area contributed by atoms with Crippen LogP contribution in [0.2, 0.25) is 0 Å². The maximum Gasteiger partial charge on any atom is 0.325 e. The average Bonchev–Trinajstić information content (AvgIpc) is 3.28. The third-order valence-electron chi connectivity index (χ3n) is 3.53. The Bertz CT molecular complexity index is 1110. The summed E-state index contributed by atoms with van der Waals surface area (Å²) in [5, 5.41) is 12.9. The number of thiazole rings is 1. The smallest absolute Gasteiger partial charge is 0.325 e. The summed E-state index contributed by atoms with van der Waals surface area (Å²) >= 11 is 2.65. The van der Waals surface area contributed by atoms with Crippen LogP contribution in [0.1, 0.15) is 4.88 Å². The normalized spacial score (nSPS) is 12.0. The topological polar surface area (TPSA) is 104 Å². The molecule has 0 atom stereocenters. The van der Waals surface area contributed by atoms with Crippen LogP contribution in [0.3, 0.4) is 0 Å². The van der Waals surface area contributed by atoms with Gasteiger partial charge < -0.3 is 9.30 Å². The largest absolute Gasteiger partial charge is 0.468 e. The minimum atomic E-state index is -0.552. The number of carbonyl (C=O) groups excluding carboxylic acids is 2. The number of carbonyl (C=O) groups is 2. The molecule has 0 N–H and O–H groups in total. The lowest BCUT2D eigenvalue weighted by molar-refractivity contribution is -0.384. The summed E-state index contributed by atoms with van der Waals surface area (Å²) in [6, 6.07) is 8.01. The van der Waals surface area contributed by atoms with Crippen molar-refractivity contribution < 1.29 is 19.2 Å². The van der Waals surface area contributed by atoms with Gasteiger partial charge in [-0.1, -0.05) is 17.4 Å². The van der Waals surface area contributed by atoms with Gasteiger partial charge in [-0.25, -0.2) is 0 Å². The molecule has 1 aromatic carbocycles. The molecule has 0 aliphatic rings. The van der Waals surface area contributed by atoms with Crippen molar-refractivity contribution in [2.24, 2.45) is 4.99 Å². The first kappa shape index (κ1) is 18.7. The number of hydrogen-bond donors (Lipinski definition) is 0. The second kappa shape index (κ2) is 8.06. The van der Waals surface area contributed by atoms with Crippen molar-refractivity contribution in [3.8, 4) is 0 Å². The van der Waals surface area contributed by atoms with Crippen molar-refractivity contribution in [2.45, 2.75) is 6.54 Å². The first-order valence-corrected chi connectivity index (χ1v) is 9.32. The predicted molar refractivity (Wildman–Crippen MR) is 102 cm³/mol. The number of hydrogen-bond acceptors (Lipinski definition) is 7. The molecule has 0 radical (unpaired) electrons. The van der Waals surface area contributed by atoms with Crippen molar-refractivity contribution in [1.82, 2.24) is 4.57 Å². The lowest BCUT2D eigenvalue weighted by Crippen LogP contribution is -2.22.